The molecular weight excluding hydrogens is 498 g/mol. The van der Waals surface area contributed by atoms with Crippen LogP contribution >= 0.6 is 24.0 Å². The number of anilines is 3. The number of thioether (sulfide) groups is 1. The largest absolute Gasteiger partial charge is 0.495 e. The van der Waals surface area contributed by atoms with E-state index in [2.05, 4.69) is 22.0 Å². The molecule has 0 heterocycles. The fourth-order valence-corrected chi connectivity index (χ4v) is 5.28. The molecule has 4 aromatic carbocycles. The minimum Gasteiger partial charge on any atom is -0.495 e. The zero-order valence-electron chi connectivity index (χ0n) is 20.9. The number of ether oxygens (including phenoxy) is 1. The summed E-state index contributed by atoms with van der Waals surface area (Å²) < 4.78 is 5.39. The van der Waals surface area contributed by atoms with Crippen molar-refractivity contribution in [3.05, 3.63) is 114 Å². The van der Waals surface area contributed by atoms with Gasteiger partial charge in [0.25, 0.3) is 0 Å². The molecule has 0 bridgehead atoms. The average molecular weight is 528 g/mol. The summed E-state index contributed by atoms with van der Waals surface area (Å²) in [6.45, 7) is 4.05. The van der Waals surface area contributed by atoms with Gasteiger partial charge in [-0.3, -0.25) is 4.79 Å². The summed E-state index contributed by atoms with van der Waals surface area (Å²) in [6, 6.07) is 31.3. The van der Waals surface area contributed by atoms with Crippen LogP contribution in [-0.4, -0.2) is 18.1 Å². The number of carbonyl (C=O) groups excluding carboxylic acids is 1. The van der Waals surface area contributed by atoms with Gasteiger partial charge in [0, 0.05) is 16.3 Å². The number of carbonyl (C=O) groups is 1. The van der Waals surface area contributed by atoms with E-state index in [-0.39, 0.29) is 5.91 Å². The zero-order chi connectivity index (χ0) is 26.2. The first-order valence-corrected chi connectivity index (χ1v) is 13.1. The molecule has 0 radical (unpaired) electrons. The molecule has 1 unspecified atom stereocenters. The van der Waals surface area contributed by atoms with E-state index in [1.54, 1.807) is 7.11 Å². The second kappa shape index (κ2) is 12.4. The van der Waals surface area contributed by atoms with Crippen molar-refractivity contribution in [2.75, 3.05) is 23.1 Å². The van der Waals surface area contributed by atoms with E-state index >= 15 is 0 Å². The van der Waals surface area contributed by atoms with Crippen molar-refractivity contribution in [2.24, 2.45) is 0 Å². The van der Waals surface area contributed by atoms with Gasteiger partial charge in [0.05, 0.1) is 12.8 Å². The lowest BCUT2D eigenvalue weighted by atomic mass is 10.1. The normalized spacial score (nSPS) is 11.3. The summed E-state index contributed by atoms with van der Waals surface area (Å²) in [5.74, 6) is 0.629. The van der Waals surface area contributed by atoms with Gasteiger partial charge in [0.2, 0.25) is 5.91 Å². The standard InChI is InChI=1S/C30H29N3O2S2/c1-20-16-21(2)18-24(17-20)31-29(34)28(22-10-5-4-6-11-22)37-25-13-9-12-23(19-25)32-30(36)33-26-14-7-8-15-27(26)35-3/h4-19,28H,1-3H3,(H,31,34)(H2,32,33,36). The van der Waals surface area contributed by atoms with Crippen LogP contribution in [0.5, 0.6) is 5.75 Å². The number of benzene rings is 4. The van der Waals surface area contributed by atoms with Crippen LogP contribution in [-0.2, 0) is 4.79 Å². The van der Waals surface area contributed by atoms with Crippen molar-refractivity contribution in [2.45, 2.75) is 24.0 Å². The Labute approximate surface area is 227 Å². The van der Waals surface area contributed by atoms with Crippen LogP contribution in [0.1, 0.15) is 21.9 Å². The molecule has 37 heavy (non-hydrogen) atoms. The molecule has 0 aromatic heterocycles. The summed E-state index contributed by atoms with van der Waals surface area (Å²) in [4.78, 5) is 14.4. The van der Waals surface area contributed by atoms with E-state index in [1.165, 1.54) is 11.8 Å². The molecule has 1 amide bonds. The summed E-state index contributed by atoms with van der Waals surface area (Å²) in [5.41, 5.74) is 5.54. The lowest BCUT2D eigenvalue weighted by molar-refractivity contribution is -0.115. The first-order valence-electron chi connectivity index (χ1n) is 11.8. The molecule has 188 valence electrons. The Balaban J connectivity index is 1.51. The third kappa shape index (κ3) is 7.35. The Morgan fingerprint density at radius 2 is 1.49 bits per heavy atom. The third-order valence-corrected chi connectivity index (χ3v) is 6.98. The first kappa shape index (κ1) is 26.3. The lowest BCUT2D eigenvalue weighted by Gasteiger charge is -2.18. The summed E-state index contributed by atoms with van der Waals surface area (Å²) in [7, 11) is 1.62. The SMILES string of the molecule is COc1ccccc1NC(=S)Nc1cccc(SC(C(=O)Nc2cc(C)cc(C)c2)c2ccccc2)c1. The Hall–Kier alpha value is -3.81. The van der Waals surface area contributed by atoms with E-state index in [0.717, 1.165) is 38.6 Å². The molecule has 5 nitrogen and oxygen atoms in total. The molecule has 0 fully saturated rings. The highest BCUT2D eigenvalue weighted by Crippen LogP contribution is 2.37. The maximum absolute atomic E-state index is 13.5. The Bertz CT molecular complexity index is 1370. The number of methoxy groups -OCH3 is 1. The Morgan fingerprint density at radius 1 is 0.784 bits per heavy atom. The minimum atomic E-state index is -0.434. The molecule has 0 aliphatic heterocycles. The van der Waals surface area contributed by atoms with Crippen LogP contribution in [0.25, 0.3) is 0 Å². The molecule has 0 aliphatic rings. The van der Waals surface area contributed by atoms with Gasteiger partial charge in [-0.25, -0.2) is 0 Å². The third-order valence-electron chi connectivity index (χ3n) is 5.53. The van der Waals surface area contributed by atoms with Crippen LogP contribution in [0.15, 0.2) is 102 Å². The second-order valence-corrected chi connectivity index (χ2v) is 10.2. The van der Waals surface area contributed by atoms with E-state index in [0.29, 0.717) is 10.9 Å². The predicted molar refractivity (Wildman–Crippen MR) is 159 cm³/mol. The molecule has 4 aromatic rings. The number of para-hydroxylation sites is 2. The molecule has 7 heteroatoms. The van der Waals surface area contributed by atoms with Gasteiger partial charge < -0.3 is 20.7 Å². The van der Waals surface area contributed by atoms with Gasteiger partial charge in [-0.15, -0.1) is 11.8 Å². The lowest BCUT2D eigenvalue weighted by Crippen LogP contribution is -2.20. The number of amides is 1. The minimum absolute atomic E-state index is 0.0760. The number of rotatable bonds is 8. The molecule has 0 saturated carbocycles. The number of hydrogen-bond donors (Lipinski definition) is 3. The van der Waals surface area contributed by atoms with Crippen molar-refractivity contribution in [1.29, 1.82) is 0 Å². The van der Waals surface area contributed by atoms with Gasteiger partial charge in [0.15, 0.2) is 5.11 Å². The Kier molecular flexibility index (Phi) is 8.82. The first-order chi connectivity index (χ1) is 17.9. The zero-order valence-corrected chi connectivity index (χ0v) is 22.6. The molecule has 1 atom stereocenters. The van der Waals surface area contributed by atoms with Crippen LogP contribution in [0.3, 0.4) is 0 Å². The highest BCUT2D eigenvalue weighted by Gasteiger charge is 2.22. The van der Waals surface area contributed by atoms with Crippen LogP contribution in [0, 0.1) is 13.8 Å². The van der Waals surface area contributed by atoms with Gasteiger partial charge in [-0.2, -0.15) is 0 Å². The van der Waals surface area contributed by atoms with Crippen LogP contribution in [0.2, 0.25) is 0 Å². The van der Waals surface area contributed by atoms with Crippen molar-refractivity contribution < 1.29 is 9.53 Å². The van der Waals surface area contributed by atoms with Crippen molar-refractivity contribution in [3.8, 4) is 5.75 Å². The highest BCUT2D eigenvalue weighted by atomic mass is 32.2. The smallest absolute Gasteiger partial charge is 0.242 e. The monoisotopic (exact) mass is 527 g/mol. The summed E-state index contributed by atoms with van der Waals surface area (Å²) in [6.07, 6.45) is 0. The average Bonchev–Trinajstić information content (AvgIpc) is 2.87. The van der Waals surface area contributed by atoms with E-state index in [1.807, 2.05) is 105 Å². The quantitative estimate of drug-likeness (QED) is 0.162. The number of nitrogens with one attached hydrogen (secondary N) is 3. The number of hydrogen-bond acceptors (Lipinski definition) is 4. The number of aryl methyl sites for hydroxylation is 2. The van der Waals surface area contributed by atoms with Gasteiger partial charge >= 0.3 is 0 Å². The van der Waals surface area contributed by atoms with Crippen molar-refractivity contribution in [3.63, 3.8) is 0 Å². The van der Waals surface area contributed by atoms with Gasteiger partial charge in [-0.05, 0) is 85.2 Å². The fraction of sp³-hybridized carbons (Fsp3) is 0.133. The fourth-order valence-electron chi connectivity index (χ4n) is 3.97. The molecule has 0 saturated heterocycles. The van der Waals surface area contributed by atoms with E-state index in [9.17, 15) is 4.79 Å². The summed E-state index contributed by atoms with van der Waals surface area (Å²) >= 11 is 7.01. The van der Waals surface area contributed by atoms with Crippen LogP contribution < -0.4 is 20.7 Å². The highest BCUT2D eigenvalue weighted by molar-refractivity contribution is 8.00. The summed E-state index contributed by atoms with van der Waals surface area (Å²) in [5, 5.41) is 9.52. The van der Waals surface area contributed by atoms with E-state index in [4.69, 9.17) is 17.0 Å². The van der Waals surface area contributed by atoms with Gasteiger partial charge in [0.1, 0.15) is 11.0 Å². The number of thiocarbonyl (C=S) groups is 1. The molecule has 0 aliphatic carbocycles. The Morgan fingerprint density at radius 3 is 2.22 bits per heavy atom. The topological polar surface area (TPSA) is 62.4 Å². The van der Waals surface area contributed by atoms with E-state index < -0.39 is 5.25 Å². The molecule has 4 rings (SSSR count). The molecule has 3 N–H and O–H groups in total. The maximum Gasteiger partial charge on any atom is 0.242 e. The molecule has 0 spiro atoms. The predicted octanol–water partition coefficient (Wildman–Crippen LogP) is 7.59. The van der Waals surface area contributed by atoms with Crippen LogP contribution in [0.4, 0.5) is 17.1 Å². The van der Waals surface area contributed by atoms with Gasteiger partial charge in [-0.1, -0.05) is 54.6 Å². The molecular formula is C30H29N3O2S2. The van der Waals surface area contributed by atoms with Crippen molar-refractivity contribution in [1.82, 2.24) is 0 Å². The van der Waals surface area contributed by atoms with Crippen molar-refractivity contribution >= 4 is 52.1 Å². The second-order valence-electron chi connectivity index (χ2n) is 8.58. The maximum atomic E-state index is 13.5.